The molecule has 0 atom stereocenters. The first-order chi connectivity index (χ1) is 13.9. The van der Waals surface area contributed by atoms with Crippen LogP contribution in [0.3, 0.4) is 0 Å². The van der Waals surface area contributed by atoms with Crippen LogP contribution in [-0.4, -0.2) is 22.3 Å². The number of aromatic nitrogens is 1. The first kappa shape index (κ1) is 18.5. The van der Waals surface area contributed by atoms with Crippen LogP contribution in [0.25, 0.3) is 0 Å². The average Bonchev–Trinajstić information content (AvgIpc) is 3.13. The number of aromatic hydroxyl groups is 1. The lowest BCUT2D eigenvalue weighted by Crippen LogP contribution is -2.17. The molecular formula is C21H15F2N3O3. The molecule has 2 N–H and O–H groups in total. The number of phenols is 1. The van der Waals surface area contributed by atoms with E-state index in [1.54, 1.807) is 18.2 Å². The highest BCUT2D eigenvalue weighted by Crippen LogP contribution is 2.28. The third-order valence-electron chi connectivity index (χ3n) is 4.70. The smallest absolute Gasteiger partial charge is 0.255 e. The summed E-state index contributed by atoms with van der Waals surface area (Å²) in [6.07, 6.45) is 1.72. The third kappa shape index (κ3) is 3.64. The van der Waals surface area contributed by atoms with Crippen LogP contribution < -0.4 is 10.2 Å². The molecule has 1 amide bonds. The van der Waals surface area contributed by atoms with E-state index < -0.39 is 17.5 Å². The maximum atomic E-state index is 13.7. The van der Waals surface area contributed by atoms with Crippen molar-refractivity contribution < 1.29 is 23.5 Å². The SMILES string of the molecule is O=Cc1cc(C(=O)Nc2ccc(N3Cc4ccc(F)cc4C3)nc2)cc(F)c1O. The topological polar surface area (TPSA) is 82.5 Å². The Labute approximate surface area is 164 Å². The minimum absolute atomic E-state index is 0.108. The normalized spacial score (nSPS) is 12.6. The Bertz CT molecular complexity index is 1120. The Hall–Kier alpha value is -3.81. The zero-order chi connectivity index (χ0) is 20.5. The van der Waals surface area contributed by atoms with Gasteiger partial charge in [-0.2, -0.15) is 0 Å². The van der Waals surface area contributed by atoms with E-state index in [4.69, 9.17) is 0 Å². The van der Waals surface area contributed by atoms with Crippen LogP contribution in [0.4, 0.5) is 20.3 Å². The molecule has 0 bridgehead atoms. The Kier molecular flexibility index (Phi) is 4.67. The van der Waals surface area contributed by atoms with E-state index in [2.05, 4.69) is 10.3 Å². The molecule has 2 aromatic carbocycles. The number of hydrogen-bond acceptors (Lipinski definition) is 5. The van der Waals surface area contributed by atoms with Gasteiger partial charge < -0.3 is 15.3 Å². The molecule has 0 unspecified atom stereocenters. The second-order valence-electron chi connectivity index (χ2n) is 6.64. The van der Waals surface area contributed by atoms with Gasteiger partial charge in [-0.15, -0.1) is 0 Å². The molecular weight excluding hydrogens is 380 g/mol. The van der Waals surface area contributed by atoms with Gasteiger partial charge in [-0.05, 0) is 47.5 Å². The van der Waals surface area contributed by atoms with Crippen molar-refractivity contribution in [1.29, 1.82) is 0 Å². The molecule has 0 fully saturated rings. The predicted molar refractivity (Wildman–Crippen MR) is 102 cm³/mol. The summed E-state index contributed by atoms with van der Waals surface area (Å²) in [4.78, 5) is 29.5. The standard InChI is InChI=1S/C21H15F2N3O3/c22-16-2-1-12-9-26(10-14(12)6-16)19-4-3-17(8-24-19)25-21(29)13-5-15(11-27)20(28)18(23)7-13/h1-8,11,28H,9-10H2,(H,25,29). The van der Waals surface area contributed by atoms with Crippen molar-refractivity contribution >= 4 is 23.7 Å². The summed E-state index contributed by atoms with van der Waals surface area (Å²) in [6, 6.07) is 9.99. The number of hydrogen-bond donors (Lipinski definition) is 2. The van der Waals surface area contributed by atoms with Crippen molar-refractivity contribution in [3.63, 3.8) is 0 Å². The lowest BCUT2D eigenvalue weighted by atomic mass is 10.1. The maximum absolute atomic E-state index is 13.7. The minimum Gasteiger partial charge on any atom is -0.504 e. The molecule has 1 aliphatic rings. The highest BCUT2D eigenvalue weighted by atomic mass is 19.1. The lowest BCUT2D eigenvalue weighted by Gasteiger charge is -2.16. The highest BCUT2D eigenvalue weighted by Gasteiger charge is 2.21. The first-order valence-corrected chi connectivity index (χ1v) is 8.72. The lowest BCUT2D eigenvalue weighted by molar-refractivity contribution is 0.102. The quantitative estimate of drug-likeness (QED) is 0.659. The Morgan fingerprint density at radius 3 is 2.62 bits per heavy atom. The summed E-state index contributed by atoms with van der Waals surface area (Å²) in [7, 11) is 0. The number of pyridine rings is 1. The van der Waals surface area contributed by atoms with Crippen LogP contribution in [0.2, 0.25) is 0 Å². The summed E-state index contributed by atoms with van der Waals surface area (Å²) in [5, 5.41) is 12.0. The number of amides is 1. The molecule has 6 nitrogen and oxygen atoms in total. The molecule has 146 valence electrons. The van der Waals surface area contributed by atoms with E-state index >= 15 is 0 Å². The number of carbonyl (C=O) groups is 2. The van der Waals surface area contributed by atoms with Crippen LogP contribution in [0.5, 0.6) is 5.75 Å². The van der Waals surface area contributed by atoms with Crippen LogP contribution in [0.1, 0.15) is 31.8 Å². The number of anilines is 2. The molecule has 0 aliphatic carbocycles. The Balaban J connectivity index is 1.47. The number of carbonyl (C=O) groups excluding carboxylic acids is 2. The van der Waals surface area contributed by atoms with Crippen LogP contribution >= 0.6 is 0 Å². The average molecular weight is 395 g/mol. The van der Waals surface area contributed by atoms with Crippen LogP contribution in [-0.2, 0) is 13.1 Å². The van der Waals surface area contributed by atoms with Crippen LogP contribution in [0.15, 0.2) is 48.7 Å². The summed E-state index contributed by atoms with van der Waals surface area (Å²) in [5.74, 6) is -2.11. The molecule has 0 saturated carbocycles. The number of rotatable bonds is 4. The fourth-order valence-electron chi connectivity index (χ4n) is 3.22. The van der Waals surface area contributed by atoms with Gasteiger partial charge in [0.05, 0.1) is 17.4 Å². The number of fused-ring (bicyclic) bond motifs is 1. The van der Waals surface area contributed by atoms with Crippen molar-refractivity contribution in [1.82, 2.24) is 4.98 Å². The van der Waals surface area contributed by atoms with Gasteiger partial charge in [0.1, 0.15) is 11.6 Å². The number of benzene rings is 2. The van der Waals surface area contributed by atoms with Gasteiger partial charge in [-0.3, -0.25) is 9.59 Å². The molecule has 1 aliphatic heterocycles. The number of nitrogens with one attached hydrogen (secondary N) is 1. The Morgan fingerprint density at radius 1 is 1.10 bits per heavy atom. The van der Waals surface area contributed by atoms with Gasteiger partial charge in [-0.25, -0.2) is 13.8 Å². The van der Waals surface area contributed by atoms with Gasteiger partial charge in [0.15, 0.2) is 17.9 Å². The second-order valence-corrected chi connectivity index (χ2v) is 6.64. The van der Waals surface area contributed by atoms with E-state index in [9.17, 15) is 23.5 Å². The third-order valence-corrected chi connectivity index (χ3v) is 4.70. The molecule has 0 spiro atoms. The number of nitrogens with zero attached hydrogens (tertiary/aromatic N) is 2. The van der Waals surface area contributed by atoms with Crippen molar-refractivity contribution in [3.05, 3.63) is 82.5 Å². The molecule has 8 heteroatoms. The molecule has 3 aromatic rings. The second kappa shape index (κ2) is 7.31. The largest absolute Gasteiger partial charge is 0.504 e. The summed E-state index contributed by atoms with van der Waals surface area (Å²) in [5.41, 5.74) is 1.90. The monoisotopic (exact) mass is 395 g/mol. The fraction of sp³-hybridized carbons (Fsp3) is 0.0952. The van der Waals surface area contributed by atoms with E-state index in [-0.39, 0.29) is 23.2 Å². The van der Waals surface area contributed by atoms with Gasteiger partial charge in [0.2, 0.25) is 0 Å². The molecule has 0 radical (unpaired) electrons. The van der Waals surface area contributed by atoms with Gasteiger partial charge in [-0.1, -0.05) is 6.07 Å². The zero-order valence-corrected chi connectivity index (χ0v) is 15.0. The summed E-state index contributed by atoms with van der Waals surface area (Å²) >= 11 is 0. The number of phenolic OH excluding ortho intramolecular Hbond substituents is 1. The zero-order valence-electron chi connectivity index (χ0n) is 15.0. The van der Waals surface area contributed by atoms with Gasteiger partial charge >= 0.3 is 0 Å². The molecule has 2 heterocycles. The molecule has 0 saturated heterocycles. The van der Waals surface area contributed by atoms with Crippen molar-refractivity contribution in [2.24, 2.45) is 0 Å². The number of aldehydes is 1. The number of halogens is 2. The minimum atomic E-state index is -1.06. The van der Waals surface area contributed by atoms with Crippen LogP contribution in [0, 0.1) is 11.6 Å². The van der Waals surface area contributed by atoms with Gasteiger partial charge in [0, 0.05) is 18.7 Å². The molecule has 4 rings (SSSR count). The predicted octanol–water partition coefficient (Wildman–Crippen LogP) is 3.65. The van der Waals surface area contributed by atoms with Crippen molar-refractivity contribution in [2.75, 3.05) is 10.2 Å². The molecule has 29 heavy (non-hydrogen) atoms. The van der Waals surface area contributed by atoms with Gasteiger partial charge in [0.25, 0.3) is 5.91 Å². The van der Waals surface area contributed by atoms with E-state index in [1.165, 1.54) is 18.3 Å². The van der Waals surface area contributed by atoms with Crippen molar-refractivity contribution in [2.45, 2.75) is 13.1 Å². The van der Waals surface area contributed by atoms with E-state index in [1.807, 2.05) is 4.90 Å². The molecule has 1 aromatic heterocycles. The Morgan fingerprint density at radius 2 is 1.90 bits per heavy atom. The van der Waals surface area contributed by atoms with E-state index in [0.717, 1.165) is 23.3 Å². The van der Waals surface area contributed by atoms with E-state index in [0.29, 0.717) is 24.6 Å². The first-order valence-electron chi connectivity index (χ1n) is 8.72. The fourth-order valence-corrected chi connectivity index (χ4v) is 3.22. The highest BCUT2D eigenvalue weighted by molar-refractivity contribution is 6.05. The van der Waals surface area contributed by atoms with Crippen molar-refractivity contribution in [3.8, 4) is 5.75 Å². The maximum Gasteiger partial charge on any atom is 0.255 e. The summed E-state index contributed by atoms with van der Waals surface area (Å²) < 4.78 is 27.0. The summed E-state index contributed by atoms with van der Waals surface area (Å²) in [6.45, 7) is 1.14.